The number of H-pyrrole nitrogens is 1. The lowest BCUT2D eigenvalue weighted by molar-refractivity contribution is 0.326. The summed E-state index contributed by atoms with van der Waals surface area (Å²) in [7, 11) is 2.21. The summed E-state index contributed by atoms with van der Waals surface area (Å²) >= 11 is 0. The smallest absolute Gasteiger partial charge is 0.108 e. The first-order chi connectivity index (χ1) is 8.22. The summed E-state index contributed by atoms with van der Waals surface area (Å²) in [4.78, 5) is 10.5. The molecule has 3 rings (SSSR count). The number of fused-ring (bicyclic) bond motifs is 1. The Kier molecular flexibility index (Phi) is 2.63. The number of nitrogens with one attached hydrogen (secondary N) is 1. The molecule has 0 aliphatic heterocycles. The summed E-state index contributed by atoms with van der Waals surface area (Å²) in [6.45, 7) is 3.21. The van der Waals surface area contributed by atoms with Gasteiger partial charge < -0.3 is 9.88 Å². The molecule has 3 heteroatoms. The Morgan fingerprint density at radius 3 is 3.00 bits per heavy atom. The second-order valence-corrected chi connectivity index (χ2v) is 5.17. The van der Waals surface area contributed by atoms with Gasteiger partial charge in [0, 0.05) is 19.0 Å². The van der Waals surface area contributed by atoms with Crippen molar-refractivity contribution in [1.82, 2.24) is 14.9 Å². The van der Waals surface area contributed by atoms with Crippen LogP contribution in [0.4, 0.5) is 0 Å². The lowest BCUT2D eigenvalue weighted by Gasteiger charge is -2.13. The summed E-state index contributed by atoms with van der Waals surface area (Å²) in [6.07, 6.45) is 3.76. The van der Waals surface area contributed by atoms with Gasteiger partial charge in [-0.3, -0.25) is 0 Å². The molecule has 1 saturated carbocycles. The Morgan fingerprint density at radius 1 is 1.41 bits per heavy atom. The Balaban J connectivity index is 1.72. The highest BCUT2D eigenvalue weighted by Gasteiger charge is 2.25. The van der Waals surface area contributed by atoms with Crippen LogP contribution in [0.1, 0.15) is 24.2 Å². The molecule has 0 unspecified atom stereocenters. The molecule has 2 aromatic rings. The number of aromatic amines is 1. The molecule has 0 radical (unpaired) electrons. The fourth-order valence-corrected chi connectivity index (χ4v) is 2.27. The maximum absolute atomic E-state index is 4.62. The fourth-order valence-electron chi connectivity index (χ4n) is 2.27. The van der Waals surface area contributed by atoms with Crippen molar-refractivity contribution in [3.63, 3.8) is 0 Å². The number of hydrogen-bond donors (Lipinski definition) is 1. The van der Waals surface area contributed by atoms with Crippen molar-refractivity contribution in [2.75, 3.05) is 13.6 Å². The Bertz CT molecular complexity index is 525. The van der Waals surface area contributed by atoms with Crippen LogP contribution in [-0.4, -0.2) is 34.5 Å². The average Bonchev–Trinajstić information content (AvgIpc) is 3.07. The van der Waals surface area contributed by atoms with E-state index >= 15 is 0 Å². The predicted octanol–water partition coefficient (Wildman–Crippen LogP) is 2.51. The molecule has 1 aliphatic carbocycles. The van der Waals surface area contributed by atoms with Crippen LogP contribution in [0.5, 0.6) is 0 Å². The van der Waals surface area contributed by atoms with Gasteiger partial charge in [0.2, 0.25) is 0 Å². The van der Waals surface area contributed by atoms with Gasteiger partial charge in [-0.25, -0.2) is 4.98 Å². The van der Waals surface area contributed by atoms with Crippen molar-refractivity contribution in [1.29, 1.82) is 0 Å². The van der Waals surface area contributed by atoms with E-state index in [2.05, 4.69) is 47.0 Å². The third kappa shape index (κ3) is 2.34. The number of likely N-dealkylation sites (N-methyl/N-ethyl adjacent to an activating group) is 1. The lowest BCUT2D eigenvalue weighted by Crippen LogP contribution is -2.23. The average molecular weight is 229 g/mol. The molecule has 1 heterocycles. The van der Waals surface area contributed by atoms with Crippen molar-refractivity contribution in [3.05, 3.63) is 29.6 Å². The topological polar surface area (TPSA) is 31.9 Å². The second-order valence-electron chi connectivity index (χ2n) is 5.17. The molecule has 0 atom stereocenters. The van der Waals surface area contributed by atoms with Crippen LogP contribution in [-0.2, 0) is 6.42 Å². The maximum atomic E-state index is 4.62. The largest absolute Gasteiger partial charge is 0.342 e. The number of imidazole rings is 1. The fraction of sp³-hybridized carbons (Fsp3) is 0.500. The van der Waals surface area contributed by atoms with E-state index in [1.54, 1.807) is 0 Å². The molecule has 0 bridgehead atoms. The molecule has 90 valence electrons. The van der Waals surface area contributed by atoms with E-state index in [0.29, 0.717) is 0 Å². The van der Waals surface area contributed by atoms with Gasteiger partial charge in [-0.05, 0) is 44.5 Å². The number of benzene rings is 1. The highest BCUT2D eigenvalue weighted by molar-refractivity contribution is 5.75. The van der Waals surface area contributed by atoms with Gasteiger partial charge in [0.05, 0.1) is 11.0 Å². The number of aryl methyl sites for hydroxylation is 1. The third-order valence-electron chi connectivity index (χ3n) is 3.56. The highest BCUT2D eigenvalue weighted by atomic mass is 15.2. The van der Waals surface area contributed by atoms with Gasteiger partial charge in [0.15, 0.2) is 0 Å². The summed E-state index contributed by atoms with van der Waals surface area (Å²) in [5.41, 5.74) is 3.52. The first-order valence-corrected chi connectivity index (χ1v) is 6.38. The molecule has 17 heavy (non-hydrogen) atoms. The first-order valence-electron chi connectivity index (χ1n) is 6.38. The van der Waals surface area contributed by atoms with Crippen LogP contribution >= 0.6 is 0 Å². The van der Waals surface area contributed by atoms with Crippen molar-refractivity contribution >= 4 is 11.0 Å². The monoisotopic (exact) mass is 229 g/mol. The van der Waals surface area contributed by atoms with E-state index in [0.717, 1.165) is 35.9 Å². The normalized spacial score (nSPS) is 15.9. The van der Waals surface area contributed by atoms with Gasteiger partial charge in [-0.15, -0.1) is 0 Å². The minimum atomic E-state index is 0.835. The SMILES string of the molecule is Cc1ccc2nc(CCN(C)C3CC3)[nH]c2c1. The molecular formula is C14H19N3. The minimum absolute atomic E-state index is 0.835. The predicted molar refractivity (Wildman–Crippen MR) is 70.2 cm³/mol. The molecule has 1 aliphatic rings. The summed E-state index contributed by atoms with van der Waals surface area (Å²) in [6, 6.07) is 7.20. The number of hydrogen-bond acceptors (Lipinski definition) is 2. The number of aromatic nitrogens is 2. The van der Waals surface area contributed by atoms with Crippen LogP contribution < -0.4 is 0 Å². The quantitative estimate of drug-likeness (QED) is 0.873. The zero-order chi connectivity index (χ0) is 11.8. The Hall–Kier alpha value is -1.35. The molecular weight excluding hydrogens is 210 g/mol. The van der Waals surface area contributed by atoms with Crippen molar-refractivity contribution in [3.8, 4) is 0 Å². The van der Waals surface area contributed by atoms with E-state index < -0.39 is 0 Å². The molecule has 0 amide bonds. The van der Waals surface area contributed by atoms with E-state index in [9.17, 15) is 0 Å². The van der Waals surface area contributed by atoms with Gasteiger partial charge >= 0.3 is 0 Å². The zero-order valence-corrected chi connectivity index (χ0v) is 10.5. The standard InChI is InChI=1S/C14H19N3/c1-10-3-6-12-13(9-10)16-14(15-12)7-8-17(2)11-4-5-11/h3,6,9,11H,4-5,7-8H2,1-2H3,(H,15,16). The number of nitrogens with zero attached hydrogens (tertiary/aromatic N) is 2. The third-order valence-corrected chi connectivity index (χ3v) is 3.56. The van der Waals surface area contributed by atoms with Crippen LogP contribution in [0.25, 0.3) is 11.0 Å². The molecule has 1 N–H and O–H groups in total. The van der Waals surface area contributed by atoms with E-state index in [1.807, 2.05) is 0 Å². The lowest BCUT2D eigenvalue weighted by atomic mass is 10.2. The van der Waals surface area contributed by atoms with Gasteiger partial charge in [-0.2, -0.15) is 0 Å². The van der Waals surface area contributed by atoms with Crippen LogP contribution in [0.2, 0.25) is 0 Å². The van der Waals surface area contributed by atoms with E-state index in [-0.39, 0.29) is 0 Å². The van der Waals surface area contributed by atoms with Crippen LogP contribution in [0, 0.1) is 6.92 Å². The summed E-state index contributed by atoms with van der Waals surface area (Å²) < 4.78 is 0. The van der Waals surface area contributed by atoms with Crippen LogP contribution in [0.3, 0.4) is 0 Å². The van der Waals surface area contributed by atoms with Crippen molar-refractivity contribution in [2.24, 2.45) is 0 Å². The number of rotatable bonds is 4. The van der Waals surface area contributed by atoms with Crippen molar-refractivity contribution < 1.29 is 0 Å². The molecule has 1 aromatic heterocycles. The zero-order valence-electron chi connectivity index (χ0n) is 10.5. The van der Waals surface area contributed by atoms with Crippen LogP contribution in [0.15, 0.2) is 18.2 Å². The first kappa shape index (κ1) is 10.8. The summed E-state index contributed by atoms with van der Waals surface area (Å²) in [5, 5.41) is 0. The molecule has 0 saturated heterocycles. The summed E-state index contributed by atoms with van der Waals surface area (Å²) in [5.74, 6) is 1.11. The molecule has 0 spiro atoms. The maximum Gasteiger partial charge on any atom is 0.108 e. The van der Waals surface area contributed by atoms with Crippen molar-refractivity contribution in [2.45, 2.75) is 32.2 Å². The van der Waals surface area contributed by atoms with Gasteiger partial charge in [0.1, 0.15) is 5.82 Å². The van der Waals surface area contributed by atoms with E-state index in [1.165, 1.54) is 18.4 Å². The van der Waals surface area contributed by atoms with Gasteiger partial charge in [0.25, 0.3) is 0 Å². The van der Waals surface area contributed by atoms with Gasteiger partial charge in [-0.1, -0.05) is 6.07 Å². The Morgan fingerprint density at radius 2 is 2.24 bits per heavy atom. The molecule has 1 fully saturated rings. The minimum Gasteiger partial charge on any atom is -0.342 e. The highest BCUT2D eigenvalue weighted by Crippen LogP contribution is 2.25. The van der Waals surface area contributed by atoms with E-state index in [4.69, 9.17) is 0 Å². The molecule has 1 aromatic carbocycles. The Labute approximate surface area is 102 Å². The second kappa shape index (κ2) is 4.15. The molecule has 3 nitrogen and oxygen atoms in total.